The van der Waals surface area contributed by atoms with Crippen LogP contribution in [0.3, 0.4) is 0 Å². The maximum atomic E-state index is 12.2. The molecule has 0 aliphatic rings. The van der Waals surface area contributed by atoms with Gasteiger partial charge in [0.2, 0.25) is 0 Å². The van der Waals surface area contributed by atoms with Gasteiger partial charge in [-0.3, -0.25) is 14.0 Å². The molecule has 2 unspecified atom stereocenters. The average Bonchev–Trinajstić information content (AvgIpc) is 2.25. The lowest BCUT2D eigenvalue weighted by atomic mass is 10.4. The maximum absolute atomic E-state index is 12.2. The molecule has 9 heteroatoms. The summed E-state index contributed by atoms with van der Waals surface area (Å²) in [6.07, 6.45) is -4.37. The van der Waals surface area contributed by atoms with Crippen molar-refractivity contribution in [3.05, 3.63) is 0 Å². The molecule has 102 valence electrons. The van der Waals surface area contributed by atoms with Crippen LogP contribution in [0.1, 0.15) is 20.3 Å². The first-order valence-corrected chi connectivity index (χ1v) is 8.05. The number of nitrogens with one attached hydrogen (secondary N) is 1. The molecule has 0 rings (SSSR count). The van der Waals surface area contributed by atoms with E-state index in [4.69, 9.17) is 0 Å². The Bertz CT molecular complexity index is 324. The normalized spacial score (nSPS) is 17.4. The zero-order valence-electron chi connectivity index (χ0n) is 10.0. The van der Waals surface area contributed by atoms with Crippen LogP contribution in [0.25, 0.3) is 0 Å². The number of alkyl halides is 3. The minimum atomic E-state index is -5.02. The van der Waals surface area contributed by atoms with E-state index < -0.39 is 18.7 Å². The van der Waals surface area contributed by atoms with Crippen molar-refractivity contribution in [3.63, 3.8) is 0 Å². The van der Waals surface area contributed by atoms with Crippen LogP contribution in [0.4, 0.5) is 13.2 Å². The summed E-state index contributed by atoms with van der Waals surface area (Å²) in [5.41, 5.74) is 0. The van der Waals surface area contributed by atoms with Gasteiger partial charge in [-0.25, -0.2) is 5.09 Å². The third kappa shape index (κ3) is 4.52. The van der Waals surface area contributed by atoms with Crippen molar-refractivity contribution in [2.45, 2.75) is 31.7 Å². The summed E-state index contributed by atoms with van der Waals surface area (Å²) in [5.74, 6) is -2.11. The van der Waals surface area contributed by atoms with Crippen molar-refractivity contribution in [1.82, 2.24) is 9.76 Å². The Morgan fingerprint density at radius 1 is 1.53 bits per heavy atom. The SMILES string of the molecule is CCC(C)SP(=O)(NC)N(C)C(=O)C(F)(F)F. The molecule has 2 atom stereocenters. The molecule has 0 aromatic rings. The fraction of sp³-hybridized carbons (Fsp3) is 0.875. The zero-order chi connectivity index (χ0) is 13.9. The van der Waals surface area contributed by atoms with Crippen LogP contribution in [0, 0.1) is 0 Å². The Labute approximate surface area is 103 Å². The van der Waals surface area contributed by atoms with Crippen molar-refractivity contribution in [2.24, 2.45) is 0 Å². The van der Waals surface area contributed by atoms with Gasteiger partial charge >= 0.3 is 12.1 Å². The van der Waals surface area contributed by atoms with E-state index in [0.717, 1.165) is 18.4 Å². The minimum Gasteiger partial charge on any atom is -0.270 e. The van der Waals surface area contributed by atoms with E-state index in [2.05, 4.69) is 5.09 Å². The first-order valence-electron chi connectivity index (χ1n) is 4.91. The molecule has 0 bridgehead atoms. The number of halogens is 3. The van der Waals surface area contributed by atoms with Gasteiger partial charge in [-0.1, -0.05) is 25.2 Å². The van der Waals surface area contributed by atoms with E-state index in [9.17, 15) is 22.5 Å². The van der Waals surface area contributed by atoms with E-state index in [-0.39, 0.29) is 9.92 Å². The highest BCUT2D eigenvalue weighted by Gasteiger charge is 2.47. The number of nitrogens with zero attached hydrogens (tertiary/aromatic N) is 1. The van der Waals surface area contributed by atoms with Gasteiger partial charge in [0.25, 0.3) is 6.65 Å². The van der Waals surface area contributed by atoms with Gasteiger partial charge in [0.1, 0.15) is 0 Å². The summed E-state index contributed by atoms with van der Waals surface area (Å²) in [6.45, 7) is -0.0267. The highest BCUT2D eigenvalue weighted by atomic mass is 32.7. The lowest BCUT2D eigenvalue weighted by Gasteiger charge is -2.29. The first-order chi connectivity index (χ1) is 7.58. The molecule has 0 aromatic carbocycles. The van der Waals surface area contributed by atoms with Crippen molar-refractivity contribution < 1.29 is 22.5 Å². The molecule has 1 amide bonds. The second kappa shape index (κ2) is 6.11. The molecular formula is C8H16F3N2O2PS. The summed E-state index contributed by atoms with van der Waals surface area (Å²) >= 11 is 0.849. The van der Waals surface area contributed by atoms with Crippen LogP contribution in [0.2, 0.25) is 0 Å². The number of amides is 1. The van der Waals surface area contributed by atoms with Crippen LogP contribution >= 0.6 is 18.0 Å². The maximum Gasteiger partial charge on any atom is 0.471 e. The minimum absolute atomic E-state index is 0.114. The van der Waals surface area contributed by atoms with E-state index >= 15 is 0 Å². The summed E-state index contributed by atoms with van der Waals surface area (Å²) in [4.78, 5) is 11.0. The zero-order valence-corrected chi connectivity index (χ0v) is 11.7. The number of carbonyl (C=O) groups is 1. The first kappa shape index (κ1) is 16.8. The van der Waals surface area contributed by atoms with Gasteiger partial charge in [-0.2, -0.15) is 13.2 Å². The van der Waals surface area contributed by atoms with Gasteiger partial charge in [0, 0.05) is 12.3 Å². The Kier molecular flexibility index (Phi) is 6.04. The standard InChI is InChI=1S/C8H16F3N2O2PS/c1-5-6(2)17-16(15,12-3)13(4)7(14)8(9,10)11/h6H,5H2,1-4H3,(H,12,15). The molecular weight excluding hydrogens is 276 g/mol. The van der Waals surface area contributed by atoms with Crippen LogP contribution in [-0.2, 0) is 9.36 Å². The van der Waals surface area contributed by atoms with Crippen molar-refractivity contribution in [2.75, 3.05) is 14.1 Å². The van der Waals surface area contributed by atoms with Crippen molar-refractivity contribution in [1.29, 1.82) is 0 Å². The number of rotatable bonds is 5. The molecule has 1 N–H and O–H groups in total. The van der Waals surface area contributed by atoms with Gasteiger partial charge in [-0.05, 0) is 13.5 Å². The molecule has 0 fully saturated rings. The van der Waals surface area contributed by atoms with Crippen LogP contribution in [-0.4, -0.2) is 36.1 Å². The molecule has 0 heterocycles. The summed E-state index contributed by atoms with van der Waals surface area (Å²) in [6, 6.07) is 0. The predicted molar refractivity (Wildman–Crippen MR) is 62.8 cm³/mol. The van der Waals surface area contributed by atoms with Gasteiger partial charge in [0.05, 0.1) is 0 Å². The lowest BCUT2D eigenvalue weighted by Crippen LogP contribution is -2.38. The Morgan fingerprint density at radius 2 is 2.00 bits per heavy atom. The monoisotopic (exact) mass is 292 g/mol. The molecule has 0 saturated heterocycles. The second-order valence-corrected chi connectivity index (χ2v) is 8.62. The smallest absolute Gasteiger partial charge is 0.270 e. The molecule has 0 spiro atoms. The molecule has 0 aliphatic heterocycles. The Balaban J connectivity index is 4.99. The highest BCUT2D eigenvalue weighted by molar-refractivity contribution is 8.57. The molecule has 0 saturated carbocycles. The van der Waals surface area contributed by atoms with Crippen LogP contribution in [0.5, 0.6) is 0 Å². The van der Waals surface area contributed by atoms with E-state index in [0.29, 0.717) is 6.42 Å². The second-order valence-electron chi connectivity index (χ2n) is 3.39. The Morgan fingerprint density at radius 3 is 2.29 bits per heavy atom. The highest BCUT2D eigenvalue weighted by Crippen LogP contribution is 2.59. The molecule has 17 heavy (non-hydrogen) atoms. The molecule has 0 radical (unpaired) electrons. The van der Waals surface area contributed by atoms with Crippen LogP contribution < -0.4 is 5.09 Å². The van der Waals surface area contributed by atoms with Crippen molar-refractivity contribution in [3.8, 4) is 0 Å². The van der Waals surface area contributed by atoms with Gasteiger partial charge < -0.3 is 0 Å². The third-order valence-electron chi connectivity index (χ3n) is 2.11. The fourth-order valence-corrected chi connectivity index (χ4v) is 5.30. The summed E-state index contributed by atoms with van der Waals surface area (Å²) in [5, 5.41) is 2.21. The van der Waals surface area contributed by atoms with Crippen molar-refractivity contribution >= 4 is 23.9 Å². The van der Waals surface area contributed by atoms with E-state index in [1.54, 1.807) is 6.92 Å². The van der Waals surface area contributed by atoms with Gasteiger partial charge in [0.15, 0.2) is 0 Å². The Hall–Kier alpha value is -0.200. The molecule has 0 aliphatic carbocycles. The van der Waals surface area contributed by atoms with Gasteiger partial charge in [-0.15, -0.1) is 0 Å². The number of carbonyl (C=O) groups excluding carboxylic acids is 1. The topological polar surface area (TPSA) is 49.4 Å². The molecule has 4 nitrogen and oxygen atoms in total. The number of hydrogen-bond acceptors (Lipinski definition) is 3. The summed E-state index contributed by atoms with van der Waals surface area (Å²) in [7, 11) is 2.17. The fourth-order valence-electron chi connectivity index (χ4n) is 0.895. The van der Waals surface area contributed by atoms with Crippen LogP contribution in [0.15, 0.2) is 0 Å². The largest absolute Gasteiger partial charge is 0.471 e. The van der Waals surface area contributed by atoms with E-state index in [1.807, 2.05) is 6.92 Å². The predicted octanol–water partition coefficient (Wildman–Crippen LogP) is 2.87. The third-order valence-corrected chi connectivity index (χ3v) is 7.85. The quantitative estimate of drug-likeness (QED) is 0.792. The average molecular weight is 292 g/mol. The number of hydrogen-bond donors (Lipinski definition) is 1. The molecule has 0 aromatic heterocycles. The lowest BCUT2D eigenvalue weighted by molar-refractivity contribution is -0.179. The van der Waals surface area contributed by atoms with E-state index in [1.165, 1.54) is 7.05 Å². The summed E-state index contributed by atoms with van der Waals surface area (Å²) < 4.78 is 49.2.